The number of aryl methyl sites for hydroxylation is 1. The summed E-state index contributed by atoms with van der Waals surface area (Å²) < 4.78 is 20.3. The first-order valence-corrected chi connectivity index (χ1v) is 5.93. The van der Waals surface area contributed by atoms with Crippen LogP contribution in [0, 0.1) is 6.92 Å². The fourth-order valence-corrected chi connectivity index (χ4v) is 1.82. The van der Waals surface area contributed by atoms with Gasteiger partial charge in [0.2, 0.25) is 0 Å². The van der Waals surface area contributed by atoms with Crippen LogP contribution < -0.4 is 0 Å². The minimum absolute atomic E-state index is 0.0871. The number of hydrogen-bond donors (Lipinski definition) is 2. The highest BCUT2D eigenvalue weighted by atomic mass is 16.7. The molecule has 0 amide bonds. The maximum absolute atomic E-state index is 11.6. The molecule has 106 valence electrons. The molecule has 7 heteroatoms. The minimum Gasteiger partial charge on any atom is -0.462 e. The van der Waals surface area contributed by atoms with E-state index in [1.165, 1.54) is 6.07 Å². The molecule has 0 saturated carbocycles. The highest BCUT2D eigenvalue weighted by Crippen LogP contribution is 2.30. The van der Waals surface area contributed by atoms with Crippen molar-refractivity contribution in [2.75, 3.05) is 13.2 Å². The molecule has 0 radical (unpaired) electrons. The van der Waals surface area contributed by atoms with E-state index in [2.05, 4.69) is 0 Å². The quantitative estimate of drug-likeness (QED) is 0.772. The van der Waals surface area contributed by atoms with Gasteiger partial charge in [0, 0.05) is 0 Å². The SMILES string of the molecule is CCOC(=O)c1cc(C2OCC(O)OC2O)oc1C. The first-order chi connectivity index (χ1) is 9.02. The van der Waals surface area contributed by atoms with Crippen molar-refractivity contribution in [3.05, 3.63) is 23.2 Å². The molecule has 7 nitrogen and oxygen atoms in total. The smallest absolute Gasteiger partial charge is 0.341 e. The maximum atomic E-state index is 11.6. The van der Waals surface area contributed by atoms with E-state index in [-0.39, 0.29) is 24.5 Å². The van der Waals surface area contributed by atoms with Crippen molar-refractivity contribution < 1.29 is 33.6 Å². The van der Waals surface area contributed by atoms with E-state index in [9.17, 15) is 9.90 Å². The summed E-state index contributed by atoms with van der Waals surface area (Å²) in [4.78, 5) is 11.6. The Labute approximate surface area is 109 Å². The Balaban J connectivity index is 2.17. The Kier molecular flexibility index (Phi) is 4.20. The standard InChI is InChI=1S/C12H16O7/c1-3-16-11(14)7-4-8(18-6(7)2)10-12(15)19-9(13)5-17-10/h4,9-10,12-13,15H,3,5H2,1-2H3. The average molecular weight is 272 g/mol. The molecule has 1 aromatic rings. The molecular weight excluding hydrogens is 256 g/mol. The van der Waals surface area contributed by atoms with Crippen LogP contribution in [0.5, 0.6) is 0 Å². The van der Waals surface area contributed by atoms with Gasteiger partial charge in [-0.05, 0) is 19.9 Å². The molecule has 2 rings (SSSR count). The number of rotatable bonds is 3. The molecular formula is C12H16O7. The molecule has 1 aliphatic rings. The van der Waals surface area contributed by atoms with Crippen LogP contribution in [-0.2, 0) is 14.2 Å². The Hall–Kier alpha value is -1.41. The number of furan rings is 1. The molecule has 1 aliphatic heterocycles. The van der Waals surface area contributed by atoms with Gasteiger partial charge >= 0.3 is 5.97 Å². The van der Waals surface area contributed by atoms with Crippen LogP contribution in [0.1, 0.15) is 34.9 Å². The lowest BCUT2D eigenvalue weighted by Gasteiger charge is -2.29. The van der Waals surface area contributed by atoms with Gasteiger partial charge in [-0.15, -0.1) is 0 Å². The van der Waals surface area contributed by atoms with E-state index in [0.29, 0.717) is 5.76 Å². The zero-order valence-electron chi connectivity index (χ0n) is 10.7. The molecule has 3 atom stereocenters. The van der Waals surface area contributed by atoms with Crippen molar-refractivity contribution in [3.8, 4) is 0 Å². The normalized spacial score (nSPS) is 27.3. The van der Waals surface area contributed by atoms with E-state index in [1.54, 1.807) is 13.8 Å². The van der Waals surface area contributed by atoms with Gasteiger partial charge in [-0.25, -0.2) is 4.79 Å². The van der Waals surface area contributed by atoms with Crippen LogP contribution in [0.15, 0.2) is 10.5 Å². The molecule has 0 aromatic carbocycles. The summed E-state index contributed by atoms with van der Waals surface area (Å²) in [6.45, 7) is 3.49. The van der Waals surface area contributed by atoms with E-state index in [1.807, 2.05) is 0 Å². The van der Waals surface area contributed by atoms with Crippen molar-refractivity contribution in [1.29, 1.82) is 0 Å². The van der Waals surface area contributed by atoms with Gasteiger partial charge in [0.05, 0.1) is 13.2 Å². The molecule has 2 heterocycles. The number of aliphatic hydroxyl groups excluding tert-OH is 2. The van der Waals surface area contributed by atoms with Crippen molar-refractivity contribution in [1.82, 2.24) is 0 Å². The second kappa shape index (κ2) is 5.70. The molecule has 3 unspecified atom stereocenters. The first kappa shape index (κ1) is 14.0. The van der Waals surface area contributed by atoms with Gasteiger partial charge < -0.3 is 28.8 Å². The minimum atomic E-state index is -1.36. The summed E-state index contributed by atoms with van der Waals surface area (Å²) in [6.07, 6.45) is -3.42. The lowest BCUT2D eigenvalue weighted by Crippen LogP contribution is -2.38. The maximum Gasteiger partial charge on any atom is 0.341 e. The predicted molar refractivity (Wildman–Crippen MR) is 61.2 cm³/mol. The van der Waals surface area contributed by atoms with E-state index >= 15 is 0 Å². The summed E-state index contributed by atoms with van der Waals surface area (Å²) >= 11 is 0. The van der Waals surface area contributed by atoms with Crippen LogP contribution >= 0.6 is 0 Å². The summed E-state index contributed by atoms with van der Waals surface area (Å²) in [5.41, 5.74) is 0.277. The van der Waals surface area contributed by atoms with Crippen molar-refractivity contribution in [2.45, 2.75) is 32.5 Å². The number of carbonyl (C=O) groups is 1. The van der Waals surface area contributed by atoms with Crippen molar-refractivity contribution in [3.63, 3.8) is 0 Å². The number of hydrogen-bond acceptors (Lipinski definition) is 7. The number of carbonyl (C=O) groups excluding carboxylic acids is 1. The summed E-state index contributed by atoms with van der Waals surface area (Å²) in [7, 11) is 0. The summed E-state index contributed by atoms with van der Waals surface area (Å²) in [6, 6.07) is 1.45. The predicted octanol–water partition coefficient (Wildman–Crippen LogP) is 0.489. The summed E-state index contributed by atoms with van der Waals surface area (Å²) in [5.74, 6) is 0.122. The fraction of sp³-hybridized carbons (Fsp3) is 0.583. The number of ether oxygens (including phenoxy) is 3. The molecule has 1 saturated heterocycles. The van der Waals surface area contributed by atoms with Crippen LogP contribution in [0.4, 0.5) is 0 Å². The molecule has 19 heavy (non-hydrogen) atoms. The third-order valence-electron chi connectivity index (χ3n) is 2.69. The molecule has 1 fully saturated rings. The van der Waals surface area contributed by atoms with Gasteiger partial charge in [0.25, 0.3) is 0 Å². The Bertz CT molecular complexity index is 453. The van der Waals surface area contributed by atoms with Crippen molar-refractivity contribution in [2.24, 2.45) is 0 Å². The second-order valence-electron chi connectivity index (χ2n) is 4.07. The monoisotopic (exact) mass is 272 g/mol. The Morgan fingerprint density at radius 2 is 2.26 bits per heavy atom. The van der Waals surface area contributed by atoms with E-state index in [4.69, 9.17) is 23.7 Å². The highest BCUT2D eigenvalue weighted by Gasteiger charge is 2.34. The molecule has 0 spiro atoms. The van der Waals surface area contributed by atoms with Gasteiger partial charge in [-0.1, -0.05) is 0 Å². The average Bonchev–Trinajstić information content (AvgIpc) is 2.71. The molecule has 0 bridgehead atoms. The van der Waals surface area contributed by atoms with Crippen molar-refractivity contribution >= 4 is 5.97 Å². The zero-order chi connectivity index (χ0) is 14.0. The van der Waals surface area contributed by atoms with Crippen LogP contribution in [0.3, 0.4) is 0 Å². The van der Waals surface area contributed by atoms with Crippen LogP contribution in [0.25, 0.3) is 0 Å². The van der Waals surface area contributed by atoms with Crippen LogP contribution in [-0.4, -0.2) is 42.0 Å². The summed E-state index contributed by atoms with van der Waals surface area (Å²) in [5, 5.41) is 18.8. The third kappa shape index (κ3) is 2.95. The van der Waals surface area contributed by atoms with Gasteiger partial charge in [-0.3, -0.25) is 0 Å². The first-order valence-electron chi connectivity index (χ1n) is 5.93. The topological polar surface area (TPSA) is 98.4 Å². The molecule has 0 aliphatic carbocycles. The lowest BCUT2D eigenvalue weighted by molar-refractivity contribution is -0.312. The number of esters is 1. The largest absolute Gasteiger partial charge is 0.462 e. The number of aliphatic hydroxyl groups is 2. The van der Waals surface area contributed by atoms with Crippen LogP contribution in [0.2, 0.25) is 0 Å². The Morgan fingerprint density at radius 3 is 2.89 bits per heavy atom. The Morgan fingerprint density at radius 1 is 1.53 bits per heavy atom. The third-order valence-corrected chi connectivity index (χ3v) is 2.69. The zero-order valence-corrected chi connectivity index (χ0v) is 10.7. The van der Waals surface area contributed by atoms with Gasteiger partial charge in [-0.2, -0.15) is 0 Å². The van der Waals surface area contributed by atoms with Gasteiger partial charge in [0.15, 0.2) is 18.7 Å². The highest BCUT2D eigenvalue weighted by molar-refractivity contribution is 5.90. The fourth-order valence-electron chi connectivity index (χ4n) is 1.82. The molecule has 1 aromatic heterocycles. The van der Waals surface area contributed by atoms with E-state index in [0.717, 1.165) is 0 Å². The lowest BCUT2D eigenvalue weighted by atomic mass is 10.2. The molecule has 2 N–H and O–H groups in total. The van der Waals surface area contributed by atoms with Gasteiger partial charge in [0.1, 0.15) is 17.1 Å². The second-order valence-corrected chi connectivity index (χ2v) is 4.07. The van der Waals surface area contributed by atoms with E-state index < -0.39 is 24.7 Å².